The van der Waals surface area contributed by atoms with Gasteiger partial charge in [0.1, 0.15) is 5.75 Å². The Hall–Kier alpha value is -3.17. The lowest BCUT2D eigenvalue weighted by atomic mass is 10.2. The molecule has 0 radical (unpaired) electrons. The van der Waals surface area contributed by atoms with Crippen molar-refractivity contribution in [3.05, 3.63) is 83.7 Å². The van der Waals surface area contributed by atoms with Gasteiger partial charge < -0.3 is 14.4 Å². The van der Waals surface area contributed by atoms with Gasteiger partial charge >= 0.3 is 5.97 Å². The van der Waals surface area contributed by atoms with E-state index < -0.39 is 5.97 Å². The average molecular weight is 468 g/mol. The number of hydrogen-bond donors (Lipinski definition) is 2. The second-order valence-electron chi connectivity index (χ2n) is 6.88. The molecule has 164 valence electrons. The molecule has 2 N–H and O–H groups in total. The molecule has 1 aromatic heterocycles. The molecule has 0 atom stereocenters. The van der Waals surface area contributed by atoms with Gasteiger partial charge in [0, 0.05) is 23.4 Å². The van der Waals surface area contributed by atoms with E-state index in [0.717, 1.165) is 11.4 Å². The lowest BCUT2D eigenvalue weighted by molar-refractivity contribution is -0.123. The second-order valence-corrected chi connectivity index (χ2v) is 9.60. The highest BCUT2D eigenvalue weighted by molar-refractivity contribution is 8.19. The Balaban J connectivity index is 1.28. The maximum Gasteiger partial charge on any atom is 0.335 e. The highest BCUT2D eigenvalue weighted by Crippen LogP contribution is 2.45. The van der Waals surface area contributed by atoms with Crippen molar-refractivity contribution in [2.24, 2.45) is 5.10 Å². The third-order valence-electron chi connectivity index (χ3n) is 4.70. The number of carbonyl (C=O) groups is 2. The molecular weight excluding hydrogens is 446 g/mol. The van der Waals surface area contributed by atoms with Crippen LogP contribution in [0, 0.1) is 0 Å². The van der Waals surface area contributed by atoms with Gasteiger partial charge in [0.15, 0.2) is 6.61 Å². The molecular formula is C23H21N3O4S2. The number of rotatable bonds is 8. The van der Waals surface area contributed by atoms with Crippen LogP contribution in [0.3, 0.4) is 0 Å². The molecule has 2 heterocycles. The predicted molar refractivity (Wildman–Crippen MR) is 128 cm³/mol. The van der Waals surface area contributed by atoms with Crippen molar-refractivity contribution in [2.75, 3.05) is 18.1 Å². The second kappa shape index (κ2) is 10.4. The standard InChI is InChI=1S/C23H21N3O4S2/c27-21(15-30-20-9-5-17(6-10-20)23-31-12-13-32-23)25-24-14-19-2-1-11-26(19)18-7-3-16(4-8-18)22(28)29/h1-11,14,23H,12-13,15H2,(H,25,27)(H,28,29)/b24-14-. The van der Waals surface area contributed by atoms with E-state index in [1.165, 1.54) is 35.4 Å². The van der Waals surface area contributed by atoms with Gasteiger partial charge in [-0.05, 0) is 54.1 Å². The lowest BCUT2D eigenvalue weighted by Crippen LogP contribution is -2.24. The highest BCUT2D eigenvalue weighted by atomic mass is 32.2. The van der Waals surface area contributed by atoms with Gasteiger partial charge in [-0.2, -0.15) is 5.10 Å². The number of carbonyl (C=O) groups excluding carboxylic acids is 1. The number of thioether (sulfide) groups is 2. The molecule has 1 aliphatic rings. The summed E-state index contributed by atoms with van der Waals surface area (Å²) in [6.07, 6.45) is 3.35. The van der Waals surface area contributed by atoms with Crippen molar-refractivity contribution >= 4 is 41.6 Å². The predicted octanol–water partition coefficient (Wildman–Crippen LogP) is 4.18. The SMILES string of the molecule is O=C(COc1ccc(C2SCCS2)cc1)N/N=C\c1cccn1-c1ccc(C(=O)O)cc1. The van der Waals surface area contributed by atoms with E-state index >= 15 is 0 Å². The number of ether oxygens (including phenoxy) is 1. The Morgan fingerprint density at radius 3 is 2.50 bits per heavy atom. The molecule has 1 aliphatic heterocycles. The molecule has 0 bridgehead atoms. The fraction of sp³-hybridized carbons (Fsp3) is 0.174. The molecule has 4 rings (SSSR count). The summed E-state index contributed by atoms with van der Waals surface area (Å²) < 4.78 is 7.86. The zero-order valence-electron chi connectivity index (χ0n) is 17.0. The number of aromatic nitrogens is 1. The molecule has 1 amide bonds. The minimum absolute atomic E-state index is 0.138. The van der Waals surface area contributed by atoms with Crippen LogP contribution in [0.4, 0.5) is 0 Å². The molecule has 3 aromatic rings. The van der Waals surface area contributed by atoms with Crippen molar-refractivity contribution in [3.63, 3.8) is 0 Å². The Morgan fingerprint density at radius 1 is 1.09 bits per heavy atom. The zero-order valence-corrected chi connectivity index (χ0v) is 18.6. The molecule has 0 spiro atoms. The largest absolute Gasteiger partial charge is 0.484 e. The molecule has 1 fully saturated rings. The van der Waals surface area contributed by atoms with E-state index in [4.69, 9.17) is 9.84 Å². The fourth-order valence-electron chi connectivity index (χ4n) is 3.12. The third-order valence-corrected chi connectivity index (χ3v) is 7.81. The molecule has 2 aromatic carbocycles. The van der Waals surface area contributed by atoms with Crippen molar-refractivity contribution in [1.82, 2.24) is 9.99 Å². The molecule has 0 saturated carbocycles. The number of benzene rings is 2. The maximum absolute atomic E-state index is 12.1. The average Bonchev–Trinajstić information content (AvgIpc) is 3.51. The number of nitrogens with zero attached hydrogens (tertiary/aromatic N) is 2. The van der Waals surface area contributed by atoms with Crippen LogP contribution < -0.4 is 10.2 Å². The molecule has 0 unspecified atom stereocenters. The Kier molecular flexibility index (Phi) is 7.18. The van der Waals surface area contributed by atoms with Crippen LogP contribution in [-0.4, -0.2) is 45.9 Å². The van der Waals surface area contributed by atoms with Crippen molar-refractivity contribution in [3.8, 4) is 11.4 Å². The Labute approximate surface area is 193 Å². The summed E-state index contributed by atoms with van der Waals surface area (Å²) in [5, 5.41) is 13.0. The number of aromatic carboxylic acids is 1. The van der Waals surface area contributed by atoms with Crippen LogP contribution in [0.15, 0.2) is 72.0 Å². The summed E-state index contributed by atoms with van der Waals surface area (Å²) >= 11 is 3.89. The van der Waals surface area contributed by atoms with E-state index in [0.29, 0.717) is 10.3 Å². The van der Waals surface area contributed by atoms with Gasteiger partial charge in [-0.25, -0.2) is 10.2 Å². The lowest BCUT2D eigenvalue weighted by Gasteiger charge is -2.10. The summed E-state index contributed by atoms with van der Waals surface area (Å²) in [6.45, 7) is -0.138. The van der Waals surface area contributed by atoms with Crippen LogP contribution >= 0.6 is 23.5 Å². The number of amides is 1. The van der Waals surface area contributed by atoms with Gasteiger partial charge in [-0.15, -0.1) is 23.5 Å². The summed E-state index contributed by atoms with van der Waals surface area (Å²) in [6, 6.07) is 18.0. The molecule has 0 aliphatic carbocycles. The van der Waals surface area contributed by atoms with Crippen LogP contribution in [-0.2, 0) is 4.79 Å². The quantitative estimate of drug-likeness (QED) is 0.381. The van der Waals surface area contributed by atoms with Crippen LogP contribution in [0.5, 0.6) is 5.75 Å². The number of carboxylic acid groups (broad SMARTS) is 1. The van der Waals surface area contributed by atoms with Crippen molar-refractivity contribution < 1.29 is 19.4 Å². The number of hydrogen-bond acceptors (Lipinski definition) is 6. The van der Waals surface area contributed by atoms with Gasteiger partial charge in [0.05, 0.1) is 22.1 Å². The maximum atomic E-state index is 12.1. The highest BCUT2D eigenvalue weighted by Gasteiger charge is 2.18. The van der Waals surface area contributed by atoms with E-state index in [2.05, 4.69) is 10.5 Å². The monoisotopic (exact) mass is 467 g/mol. The van der Waals surface area contributed by atoms with Crippen LogP contribution in [0.25, 0.3) is 5.69 Å². The van der Waals surface area contributed by atoms with Gasteiger partial charge in [0.2, 0.25) is 0 Å². The number of hydrazone groups is 1. The topological polar surface area (TPSA) is 92.9 Å². The first kappa shape index (κ1) is 22.0. The fourth-order valence-corrected chi connectivity index (χ4v) is 5.98. The summed E-state index contributed by atoms with van der Waals surface area (Å²) in [5.74, 6) is 1.65. The molecule has 7 nitrogen and oxygen atoms in total. The first-order chi connectivity index (χ1) is 15.6. The summed E-state index contributed by atoms with van der Waals surface area (Å²) in [5.41, 5.74) is 5.45. The van der Waals surface area contributed by atoms with Gasteiger partial charge in [-0.3, -0.25) is 4.79 Å². The van der Waals surface area contributed by atoms with Crippen molar-refractivity contribution in [1.29, 1.82) is 0 Å². The van der Waals surface area contributed by atoms with E-state index in [-0.39, 0.29) is 18.1 Å². The molecule has 32 heavy (non-hydrogen) atoms. The Bertz CT molecular complexity index is 1110. The zero-order chi connectivity index (χ0) is 22.3. The first-order valence-corrected chi connectivity index (χ1v) is 12.0. The molecule has 9 heteroatoms. The third kappa shape index (κ3) is 5.54. The normalized spacial score (nSPS) is 14.0. The van der Waals surface area contributed by atoms with Crippen LogP contribution in [0.1, 0.15) is 26.2 Å². The van der Waals surface area contributed by atoms with Gasteiger partial charge in [-0.1, -0.05) is 12.1 Å². The summed E-state index contributed by atoms with van der Waals surface area (Å²) in [7, 11) is 0. The van der Waals surface area contributed by atoms with Crippen molar-refractivity contribution in [2.45, 2.75) is 4.58 Å². The van der Waals surface area contributed by atoms with Gasteiger partial charge in [0.25, 0.3) is 5.91 Å². The summed E-state index contributed by atoms with van der Waals surface area (Å²) in [4.78, 5) is 23.1. The minimum Gasteiger partial charge on any atom is -0.484 e. The van der Waals surface area contributed by atoms with E-state index in [9.17, 15) is 9.59 Å². The smallest absolute Gasteiger partial charge is 0.335 e. The van der Waals surface area contributed by atoms with E-state index in [1.54, 1.807) is 12.1 Å². The first-order valence-electron chi connectivity index (χ1n) is 9.89. The number of carboxylic acids is 1. The van der Waals surface area contributed by atoms with E-state index in [1.807, 2.05) is 70.7 Å². The number of nitrogens with one attached hydrogen (secondary N) is 1. The molecule has 1 saturated heterocycles. The minimum atomic E-state index is -0.974. The Morgan fingerprint density at radius 2 is 1.81 bits per heavy atom. The van der Waals surface area contributed by atoms with Crippen LogP contribution in [0.2, 0.25) is 0 Å².